The lowest BCUT2D eigenvalue weighted by molar-refractivity contribution is 0.0498. The van der Waals surface area contributed by atoms with Crippen LogP contribution in [0.15, 0.2) is 59.9 Å². The summed E-state index contributed by atoms with van der Waals surface area (Å²) >= 11 is 0. The highest BCUT2D eigenvalue weighted by molar-refractivity contribution is 5.91. The third kappa shape index (κ3) is 4.57. The third-order valence-corrected chi connectivity index (χ3v) is 4.53. The fourth-order valence-corrected chi connectivity index (χ4v) is 3.06. The Balaban J connectivity index is 1.84. The van der Waals surface area contributed by atoms with Gasteiger partial charge in [0.1, 0.15) is 5.69 Å². The van der Waals surface area contributed by atoms with Crippen LogP contribution in [0.3, 0.4) is 0 Å². The van der Waals surface area contributed by atoms with E-state index in [1.165, 1.54) is 0 Å². The van der Waals surface area contributed by atoms with E-state index in [9.17, 15) is 9.59 Å². The van der Waals surface area contributed by atoms with E-state index >= 15 is 0 Å². The molecule has 0 saturated heterocycles. The van der Waals surface area contributed by atoms with Gasteiger partial charge < -0.3 is 9.30 Å². The average Bonchev–Trinajstić information content (AvgIpc) is 3.24. The minimum absolute atomic E-state index is 0.146. The van der Waals surface area contributed by atoms with Gasteiger partial charge in [-0.25, -0.2) is 9.48 Å². The second kappa shape index (κ2) is 9.17. The first-order valence-corrected chi connectivity index (χ1v) is 9.58. The Morgan fingerprint density at radius 1 is 1.14 bits per heavy atom. The molecule has 0 atom stereocenters. The van der Waals surface area contributed by atoms with Crippen LogP contribution >= 0.6 is 0 Å². The van der Waals surface area contributed by atoms with Gasteiger partial charge in [-0.05, 0) is 30.2 Å². The lowest BCUT2D eigenvalue weighted by Gasteiger charge is -2.10. The van der Waals surface area contributed by atoms with Crippen molar-refractivity contribution in [3.05, 3.63) is 70.9 Å². The molecule has 0 saturated carbocycles. The SMILES string of the molecule is CCCCCCOC(=O)c1cccc(-c2cn(C)cc(-n3cccn3)c2=O)c1. The number of aromatic nitrogens is 3. The summed E-state index contributed by atoms with van der Waals surface area (Å²) in [5, 5.41) is 4.15. The molecule has 0 bridgehead atoms. The fourth-order valence-electron chi connectivity index (χ4n) is 3.06. The number of rotatable bonds is 8. The first kappa shape index (κ1) is 19.6. The van der Waals surface area contributed by atoms with Crippen LogP contribution in [0.1, 0.15) is 43.0 Å². The van der Waals surface area contributed by atoms with E-state index in [1.54, 1.807) is 53.7 Å². The van der Waals surface area contributed by atoms with E-state index in [0.29, 0.717) is 29.0 Å². The van der Waals surface area contributed by atoms with Gasteiger partial charge in [0.25, 0.3) is 0 Å². The highest BCUT2D eigenvalue weighted by atomic mass is 16.5. The minimum Gasteiger partial charge on any atom is -0.462 e. The minimum atomic E-state index is -0.363. The molecule has 146 valence electrons. The summed E-state index contributed by atoms with van der Waals surface area (Å²) < 4.78 is 8.72. The number of ether oxygens (including phenoxy) is 1. The van der Waals surface area contributed by atoms with E-state index in [-0.39, 0.29) is 11.4 Å². The van der Waals surface area contributed by atoms with Crippen LogP contribution in [0.25, 0.3) is 16.8 Å². The van der Waals surface area contributed by atoms with Gasteiger partial charge in [-0.15, -0.1) is 0 Å². The predicted octanol–water partition coefficient (Wildman–Crippen LogP) is 3.98. The number of benzene rings is 1. The molecule has 0 spiro atoms. The quantitative estimate of drug-likeness (QED) is 0.439. The number of nitrogens with zero attached hydrogens (tertiary/aromatic N) is 3. The molecule has 0 N–H and O–H groups in total. The van der Waals surface area contributed by atoms with Gasteiger partial charge >= 0.3 is 5.97 Å². The maximum Gasteiger partial charge on any atom is 0.338 e. The first-order chi connectivity index (χ1) is 13.6. The van der Waals surface area contributed by atoms with Crippen LogP contribution in [0.4, 0.5) is 0 Å². The van der Waals surface area contributed by atoms with Crippen molar-refractivity contribution >= 4 is 5.97 Å². The summed E-state index contributed by atoms with van der Waals surface area (Å²) in [5.74, 6) is -0.363. The van der Waals surface area contributed by atoms with Crippen molar-refractivity contribution in [1.29, 1.82) is 0 Å². The molecule has 0 fully saturated rings. The second-order valence-corrected chi connectivity index (χ2v) is 6.78. The summed E-state index contributed by atoms with van der Waals surface area (Å²) in [6.45, 7) is 2.56. The van der Waals surface area contributed by atoms with E-state index < -0.39 is 0 Å². The van der Waals surface area contributed by atoms with E-state index in [0.717, 1.165) is 25.7 Å². The van der Waals surface area contributed by atoms with Crippen molar-refractivity contribution < 1.29 is 9.53 Å². The molecule has 0 aliphatic rings. The summed E-state index contributed by atoms with van der Waals surface area (Å²) in [7, 11) is 1.85. The standard InChI is InChI=1S/C22H25N3O3/c1-3-4-5-6-13-28-22(27)18-10-7-9-17(14-18)19-15-24(2)16-20(21(19)26)25-12-8-11-23-25/h7-12,14-16H,3-6,13H2,1-2H3. The highest BCUT2D eigenvalue weighted by Gasteiger charge is 2.13. The van der Waals surface area contributed by atoms with E-state index in [1.807, 2.05) is 17.7 Å². The average molecular weight is 379 g/mol. The number of carbonyl (C=O) groups is 1. The first-order valence-electron chi connectivity index (χ1n) is 9.58. The van der Waals surface area contributed by atoms with Gasteiger partial charge in [0.15, 0.2) is 0 Å². The summed E-state index contributed by atoms with van der Waals surface area (Å²) in [4.78, 5) is 25.3. The van der Waals surface area contributed by atoms with E-state index in [4.69, 9.17) is 4.74 Å². The Labute approximate surface area is 164 Å². The molecule has 3 rings (SSSR count). The van der Waals surface area contributed by atoms with Gasteiger partial charge in [-0.2, -0.15) is 5.10 Å². The number of hydrogen-bond acceptors (Lipinski definition) is 4. The molecule has 0 amide bonds. The smallest absolute Gasteiger partial charge is 0.338 e. The molecule has 6 heteroatoms. The number of pyridine rings is 1. The van der Waals surface area contributed by atoms with Crippen molar-refractivity contribution in [2.45, 2.75) is 32.6 Å². The number of aryl methyl sites for hydroxylation is 1. The molecule has 1 aromatic carbocycles. The summed E-state index contributed by atoms with van der Waals surface area (Å²) in [5.41, 5.74) is 1.93. The van der Waals surface area contributed by atoms with Crippen molar-refractivity contribution in [3.8, 4) is 16.8 Å². The lowest BCUT2D eigenvalue weighted by atomic mass is 10.0. The zero-order valence-corrected chi connectivity index (χ0v) is 16.3. The van der Waals surface area contributed by atoms with Crippen LogP contribution in [0.2, 0.25) is 0 Å². The van der Waals surface area contributed by atoms with Crippen molar-refractivity contribution in [2.24, 2.45) is 7.05 Å². The predicted molar refractivity (Wildman–Crippen MR) is 109 cm³/mol. The molecule has 2 heterocycles. The molecule has 2 aromatic heterocycles. The van der Waals surface area contributed by atoms with Crippen LogP contribution in [0, 0.1) is 0 Å². The second-order valence-electron chi connectivity index (χ2n) is 6.78. The molecular weight excluding hydrogens is 354 g/mol. The Morgan fingerprint density at radius 2 is 2.00 bits per heavy atom. The topological polar surface area (TPSA) is 66.1 Å². The van der Waals surface area contributed by atoms with Crippen molar-refractivity contribution in [1.82, 2.24) is 14.3 Å². The molecule has 0 radical (unpaired) electrons. The number of hydrogen-bond donors (Lipinski definition) is 0. The van der Waals surface area contributed by atoms with E-state index in [2.05, 4.69) is 12.0 Å². The molecule has 0 unspecified atom stereocenters. The number of carbonyl (C=O) groups excluding carboxylic acids is 1. The van der Waals surface area contributed by atoms with Gasteiger partial charge in [0.05, 0.1) is 12.2 Å². The lowest BCUT2D eigenvalue weighted by Crippen LogP contribution is -2.17. The van der Waals surface area contributed by atoms with Crippen LogP contribution < -0.4 is 5.43 Å². The van der Waals surface area contributed by atoms with Crippen LogP contribution in [-0.2, 0) is 11.8 Å². The fraction of sp³-hybridized carbons (Fsp3) is 0.318. The van der Waals surface area contributed by atoms with Crippen molar-refractivity contribution in [3.63, 3.8) is 0 Å². The zero-order chi connectivity index (χ0) is 19.9. The van der Waals surface area contributed by atoms with Crippen molar-refractivity contribution in [2.75, 3.05) is 6.61 Å². The Bertz CT molecular complexity index is 991. The Morgan fingerprint density at radius 3 is 2.75 bits per heavy atom. The Kier molecular flexibility index (Phi) is 6.42. The highest BCUT2D eigenvalue weighted by Crippen LogP contribution is 2.19. The molecule has 28 heavy (non-hydrogen) atoms. The molecule has 0 aliphatic heterocycles. The van der Waals surface area contributed by atoms with Gasteiger partial charge in [-0.1, -0.05) is 38.3 Å². The van der Waals surface area contributed by atoms with Gasteiger partial charge in [-0.3, -0.25) is 4.79 Å². The summed E-state index contributed by atoms with van der Waals surface area (Å²) in [6.07, 6.45) is 11.0. The summed E-state index contributed by atoms with van der Waals surface area (Å²) in [6, 6.07) is 8.77. The van der Waals surface area contributed by atoms with Gasteiger partial charge in [0.2, 0.25) is 5.43 Å². The third-order valence-electron chi connectivity index (χ3n) is 4.53. The Hall–Kier alpha value is -3.15. The van der Waals surface area contributed by atoms with Crippen LogP contribution in [0.5, 0.6) is 0 Å². The normalized spacial score (nSPS) is 10.8. The largest absolute Gasteiger partial charge is 0.462 e. The molecule has 6 nitrogen and oxygen atoms in total. The number of esters is 1. The molecule has 3 aromatic rings. The van der Waals surface area contributed by atoms with Crippen LogP contribution in [-0.4, -0.2) is 26.9 Å². The maximum atomic E-state index is 13.0. The monoisotopic (exact) mass is 379 g/mol. The zero-order valence-electron chi connectivity index (χ0n) is 16.3. The number of unbranched alkanes of at least 4 members (excludes halogenated alkanes) is 3. The van der Waals surface area contributed by atoms with Gasteiger partial charge in [0, 0.05) is 37.4 Å². The molecule has 0 aliphatic carbocycles. The molecular formula is C22H25N3O3. The maximum absolute atomic E-state index is 13.0.